The second kappa shape index (κ2) is 4.74. The maximum absolute atomic E-state index is 11.9. The van der Waals surface area contributed by atoms with Crippen LogP contribution in [0.1, 0.15) is 46.0 Å². The minimum absolute atomic E-state index is 0.292. The largest absolute Gasteiger partial charge is 0.342 e. The summed E-state index contributed by atoms with van der Waals surface area (Å²) in [5.41, 5.74) is 0.366. The molecule has 0 bridgehead atoms. The lowest BCUT2D eigenvalue weighted by Crippen LogP contribution is -2.44. The van der Waals surface area contributed by atoms with Crippen molar-refractivity contribution in [2.24, 2.45) is 5.41 Å². The van der Waals surface area contributed by atoms with Crippen molar-refractivity contribution in [3.05, 3.63) is 0 Å². The molecule has 1 saturated heterocycles. The Morgan fingerprint density at radius 2 is 2.00 bits per heavy atom. The highest BCUT2D eigenvalue weighted by Gasteiger charge is 2.34. The van der Waals surface area contributed by atoms with Crippen LogP contribution in [0.25, 0.3) is 0 Å². The molecule has 92 valence electrons. The average Bonchev–Trinajstić information content (AvgIpc) is 2.83. The van der Waals surface area contributed by atoms with Crippen LogP contribution in [-0.2, 0) is 4.79 Å². The molecule has 16 heavy (non-hydrogen) atoms. The third-order valence-electron chi connectivity index (χ3n) is 4.22. The Labute approximate surface area is 98.6 Å². The van der Waals surface area contributed by atoms with Gasteiger partial charge in [0.1, 0.15) is 0 Å². The molecular formula is C13H24N2O. The second-order valence-electron chi connectivity index (χ2n) is 5.90. The Morgan fingerprint density at radius 3 is 2.56 bits per heavy atom. The van der Waals surface area contributed by atoms with Crippen LogP contribution in [0.2, 0.25) is 0 Å². The van der Waals surface area contributed by atoms with E-state index in [-0.39, 0.29) is 0 Å². The first-order valence-corrected chi connectivity index (χ1v) is 6.61. The SMILES string of the molecule is CC1(C)CCCC1NCC(=O)N1CCCC1. The molecule has 0 aromatic rings. The minimum atomic E-state index is 0.292. The van der Waals surface area contributed by atoms with Gasteiger partial charge in [0, 0.05) is 19.1 Å². The number of hydrogen-bond donors (Lipinski definition) is 1. The van der Waals surface area contributed by atoms with Crippen molar-refractivity contribution in [2.75, 3.05) is 19.6 Å². The predicted octanol–water partition coefficient (Wildman–Crippen LogP) is 1.78. The molecule has 3 nitrogen and oxygen atoms in total. The van der Waals surface area contributed by atoms with E-state index in [2.05, 4.69) is 19.2 Å². The van der Waals surface area contributed by atoms with E-state index in [1.54, 1.807) is 0 Å². The molecule has 0 spiro atoms. The number of likely N-dealkylation sites (tertiary alicyclic amines) is 1. The first kappa shape index (κ1) is 11.9. The Balaban J connectivity index is 1.76. The van der Waals surface area contributed by atoms with Gasteiger partial charge in [0.05, 0.1) is 6.54 Å². The van der Waals surface area contributed by atoms with Gasteiger partial charge in [-0.2, -0.15) is 0 Å². The van der Waals surface area contributed by atoms with Gasteiger partial charge >= 0.3 is 0 Å². The summed E-state index contributed by atoms with van der Waals surface area (Å²) >= 11 is 0. The van der Waals surface area contributed by atoms with Crippen LogP contribution in [0, 0.1) is 5.41 Å². The standard InChI is InChI=1S/C13H24N2O/c1-13(2)7-5-6-11(13)14-10-12(16)15-8-3-4-9-15/h11,14H,3-10H2,1-2H3. The van der Waals surface area contributed by atoms with Gasteiger partial charge in [-0.25, -0.2) is 0 Å². The maximum Gasteiger partial charge on any atom is 0.236 e. The molecule has 1 N–H and O–H groups in total. The van der Waals surface area contributed by atoms with E-state index in [1.807, 2.05) is 4.90 Å². The Hall–Kier alpha value is -0.570. The zero-order valence-electron chi connectivity index (χ0n) is 10.6. The van der Waals surface area contributed by atoms with Crippen LogP contribution in [0.3, 0.4) is 0 Å². The molecule has 1 aliphatic heterocycles. The highest BCUT2D eigenvalue weighted by molar-refractivity contribution is 5.78. The van der Waals surface area contributed by atoms with Crippen LogP contribution in [0.4, 0.5) is 0 Å². The number of carbonyl (C=O) groups is 1. The summed E-state index contributed by atoms with van der Waals surface area (Å²) in [4.78, 5) is 13.9. The van der Waals surface area contributed by atoms with Crippen molar-refractivity contribution in [1.29, 1.82) is 0 Å². The maximum atomic E-state index is 11.9. The van der Waals surface area contributed by atoms with Crippen LogP contribution in [0.5, 0.6) is 0 Å². The number of carbonyl (C=O) groups excluding carboxylic acids is 1. The predicted molar refractivity (Wildman–Crippen MR) is 65.2 cm³/mol. The fourth-order valence-corrected chi connectivity index (χ4v) is 2.99. The van der Waals surface area contributed by atoms with Crippen LogP contribution >= 0.6 is 0 Å². The fourth-order valence-electron chi connectivity index (χ4n) is 2.99. The lowest BCUT2D eigenvalue weighted by Gasteiger charge is -2.28. The normalized spacial score (nSPS) is 28.6. The molecule has 1 saturated carbocycles. The highest BCUT2D eigenvalue weighted by Crippen LogP contribution is 2.36. The van der Waals surface area contributed by atoms with E-state index in [1.165, 1.54) is 32.1 Å². The number of hydrogen-bond acceptors (Lipinski definition) is 2. The summed E-state index contributed by atoms with van der Waals surface area (Å²) in [7, 11) is 0. The molecule has 1 amide bonds. The first-order valence-electron chi connectivity index (χ1n) is 6.61. The Morgan fingerprint density at radius 1 is 1.31 bits per heavy atom. The molecule has 1 unspecified atom stereocenters. The van der Waals surface area contributed by atoms with Crippen molar-refractivity contribution < 1.29 is 4.79 Å². The Kier molecular flexibility index (Phi) is 3.53. The molecule has 1 heterocycles. The summed E-state index contributed by atoms with van der Waals surface area (Å²) in [6.45, 7) is 7.08. The third kappa shape index (κ3) is 2.57. The van der Waals surface area contributed by atoms with Crippen molar-refractivity contribution in [2.45, 2.75) is 52.0 Å². The number of nitrogens with zero attached hydrogens (tertiary/aromatic N) is 1. The molecule has 2 fully saturated rings. The van der Waals surface area contributed by atoms with Gasteiger partial charge in [0.2, 0.25) is 5.91 Å². The average molecular weight is 224 g/mol. The van der Waals surface area contributed by atoms with Gasteiger partial charge in [-0.05, 0) is 31.1 Å². The fraction of sp³-hybridized carbons (Fsp3) is 0.923. The summed E-state index contributed by atoms with van der Waals surface area (Å²) in [6, 6.07) is 0.527. The van der Waals surface area contributed by atoms with Crippen LogP contribution in [-0.4, -0.2) is 36.5 Å². The van der Waals surface area contributed by atoms with E-state index in [9.17, 15) is 4.79 Å². The van der Waals surface area contributed by atoms with E-state index >= 15 is 0 Å². The minimum Gasteiger partial charge on any atom is -0.342 e. The zero-order valence-corrected chi connectivity index (χ0v) is 10.6. The van der Waals surface area contributed by atoms with Gasteiger partial charge in [0.25, 0.3) is 0 Å². The topological polar surface area (TPSA) is 32.3 Å². The van der Waals surface area contributed by atoms with Crippen molar-refractivity contribution in [3.63, 3.8) is 0 Å². The summed E-state index contributed by atoms with van der Waals surface area (Å²) < 4.78 is 0. The first-order chi connectivity index (χ1) is 7.59. The van der Waals surface area contributed by atoms with Gasteiger partial charge < -0.3 is 10.2 Å². The molecule has 3 heteroatoms. The van der Waals surface area contributed by atoms with Gasteiger partial charge in [-0.1, -0.05) is 20.3 Å². The molecule has 2 aliphatic rings. The third-order valence-corrected chi connectivity index (χ3v) is 4.22. The lowest BCUT2D eigenvalue weighted by atomic mass is 9.87. The Bertz CT molecular complexity index is 257. The zero-order chi connectivity index (χ0) is 11.6. The molecular weight excluding hydrogens is 200 g/mol. The van der Waals surface area contributed by atoms with E-state index in [4.69, 9.17) is 0 Å². The second-order valence-corrected chi connectivity index (χ2v) is 5.90. The van der Waals surface area contributed by atoms with Gasteiger partial charge in [0.15, 0.2) is 0 Å². The number of rotatable bonds is 3. The number of amides is 1. The van der Waals surface area contributed by atoms with Gasteiger partial charge in [-0.15, -0.1) is 0 Å². The molecule has 0 aromatic carbocycles. The van der Waals surface area contributed by atoms with Crippen LogP contribution < -0.4 is 5.32 Å². The smallest absolute Gasteiger partial charge is 0.236 e. The monoisotopic (exact) mass is 224 g/mol. The molecule has 2 rings (SSSR count). The highest BCUT2D eigenvalue weighted by atomic mass is 16.2. The van der Waals surface area contributed by atoms with E-state index in [0.717, 1.165) is 13.1 Å². The summed E-state index contributed by atoms with van der Waals surface area (Å²) in [6.07, 6.45) is 6.16. The van der Waals surface area contributed by atoms with Gasteiger partial charge in [-0.3, -0.25) is 4.79 Å². The molecule has 0 radical (unpaired) electrons. The lowest BCUT2D eigenvalue weighted by molar-refractivity contribution is -0.129. The number of nitrogens with one attached hydrogen (secondary N) is 1. The van der Waals surface area contributed by atoms with E-state index < -0.39 is 0 Å². The summed E-state index contributed by atoms with van der Waals surface area (Å²) in [5, 5.41) is 3.46. The molecule has 1 atom stereocenters. The summed E-state index contributed by atoms with van der Waals surface area (Å²) in [5.74, 6) is 0.292. The van der Waals surface area contributed by atoms with Crippen molar-refractivity contribution in [1.82, 2.24) is 10.2 Å². The molecule has 1 aliphatic carbocycles. The van der Waals surface area contributed by atoms with Crippen LogP contribution in [0.15, 0.2) is 0 Å². The molecule has 0 aromatic heterocycles. The van der Waals surface area contributed by atoms with Crippen molar-refractivity contribution in [3.8, 4) is 0 Å². The quantitative estimate of drug-likeness (QED) is 0.792. The van der Waals surface area contributed by atoms with Crippen molar-refractivity contribution >= 4 is 5.91 Å². The van der Waals surface area contributed by atoms with E-state index in [0.29, 0.717) is 23.9 Å².